The predicted molar refractivity (Wildman–Crippen MR) is 103 cm³/mol. The summed E-state index contributed by atoms with van der Waals surface area (Å²) in [5.74, 6) is 2.22. The smallest absolute Gasteiger partial charge is 0.222 e. The van der Waals surface area contributed by atoms with Gasteiger partial charge in [0.2, 0.25) is 5.95 Å². The van der Waals surface area contributed by atoms with Gasteiger partial charge in [-0.1, -0.05) is 50.2 Å². The van der Waals surface area contributed by atoms with E-state index < -0.39 is 0 Å². The Labute approximate surface area is 154 Å². The summed E-state index contributed by atoms with van der Waals surface area (Å²) in [6, 6.07) is 17.5. The van der Waals surface area contributed by atoms with Gasteiger partial charge in [-0.15, -0.1) is 0 Å². The van der Waals surface area contributed by atoms with Gasteiger partial charge in [-0.2, -0.15) is 10.1 Å². The SMILES string of the molecule is COc1ccc([C@@H]2C[C@H](c3ccc(C(C)C)cc3)n3ncnc3N2)cc1. The lowest BCUT2D eigenvalue weighted by Gasteiger charge is -2.32. The largest absolute Gasteiger partial charge is 0.497 e. The van der Waals surface area contributed by atoms with E-state index in [4.69, 9.17) is 4.74 Å². The second-order valence-electron chi connectivity index (χ2n) is 7.07. The molecule has 1 N–H and O–H groups in total. The third-order valence-electron chi connectivity index (χ3n) is 5.14. The number of hydrogen-bond donors (Lipinski definition) is 1. The molecular weight excluding hydrogens is 324 g/mol. The molecule has 0 saturated heterocycles. The molecule has 3 aromatic rings. The van der Waals surface area contributed by atoms with E-state index in [2.05, 4.69) is 65.6 Å². The third kappa shape index (κ3) is 3.05. The number of nitrogens with one attached hydrogen (secondary N) is 1. The summed E-state index contributed by atoms with van der Waals surface area (Å²) < 4.78 is 7.26. The molecule has 2 aromatic carbocycles. The molecule has 5 nitrogen and oxygen atoms in total. The van der Waals surface area contributed by atoms with Crippen LogP contribution in [0.15, 0.2) is 54.9 Å². The number of fused-ring (bicyclic) bond motifs is 1. The van der Waals surface area contributed by atoms with Crippen molar-refractivity contribution in [3.05, 3.63) is 71.5 Å². The Morgan fingerprint density at radius 2 is 1.73 bits per heavy atom. The van der Waals surface area contributed by atoms with Crippen LogP contribution in [0.1, 0.15) is 55.0 Å². The molecule has 2 atom stereocenters. The van der Waals surface area contributed by atoms with Crippen LogP contribution in [0.25, 0.3) is 0 Å². The van der Waals surface area contributed by atoms with Crippen molar-refractivity contribution in [3.8, 4) is 5.75 Å². The monoisotopic (exact) mass is 348 g/mol. The zero-order valence-corrected chi connectivity index (χ0v) is 15.4. The Morgan fingerprint density at radius 1 is 1.04 bits per heavy atom. The second kappa shape index (κ2) is 6.83. The van der Waals surface area contributed by atoms with Crippen molar-refractivity contribution in [2.45, 2.75) is 38.3 Å². The number of nitrogens with zero attached hydrogens (tertiary/aromatic N) is 3. The van der Waals surface area contributed by atoms with E-state index in [1.165, 1.54) is 16.7 Å². The van der Waals surface area contributed by atoms with E-state index in [9.17, 15) is 0 Å². The summed E-state index contributed by atoms with van der Waals surface area (Å²) in [4.78, 5) is 4.40. The quantitative estimate of drug-likeness (QED) is 0.751. The van der Waals surface area contributed by atoms with Crippen LogP contribution in [0.2, 0.25) is 0 Å². The molecule has 4 rings (SSSR count). The van der Waals surface area contributed by atoms with Crippen molar-refractivity contribution in [1.29, 1.82) is 0 Å². The van der Waals surface area contributed by atoms with Crippen molar-refractivity contribution in [3.63, 3.8) is 0 Å². The maximum atomic E-state index is 5.27. The Hall–Kier alpha value is -2.82. The molecule has 0 saturated carbocycles. The molecule has 26 heavy (non-hydrogen) atoms. The summed E-state index contributed by atoms with van der Waals surface area (Å²) in [5, 5.41) is 7.96. The number of benzene rings is 2. The predicted octanol–water partition coefficient (Wildman–Crippen LogP) is 4.56. The van der Waals surface area contributed by atoms with E-state index in [1.807, 2.05) is 16.8 Å². The lowest BCUT2D eigenvalue weighted by atomic mass is 9.92. The number of hydrogen-bond acceptors (Lipinski definition) is 4. The van der Waals surface area contributed by atoms with E-state index in [0.717, 1.165) is 18.1 Å². The van der Waals surface area contributed by atoms with Gasteiger partial charge in [-0.25, -0.2) is 4.68 Å². The summed E-state index contributed by atoms with van der Waals surface area (Å²) in [6.07, 6.45) is 2.54. The summed E-state index contributed by atoms with van der Waals surface area (Å²) >= 11 is 0. The van der Waals surface area contributed by atoms with Crippen LogP contribution in [0.3, 0.4) is 0 Å². The molecule has 0 amide bonds. The number of methoxy groups -OCH3 is 1. The van der Waals surface area contributed by atoms with Gasteiger partial charge in [0.05, 0.1) is 19.2 Å². The minimum absolute atomic E-state index is 0.169. The fourth-order valence-electron chi connectivity index (χ4n) is 3.56. The van der Waals surface area contributed by atoms with Gasteiger partial charge in [-0.05, 0) is 41.2 Å². The molecule has 2 heterocycles. The summed E-state index contributed by atoms with van der Waals surface area (Å²) in [5.41, 5.74) is 3.85. The first-order valence-electron chi connectivity index (χ1n) is 9.05. The van der Waals surface area contributed by atoms with Crippen LogP contribution in [0.5, 0.6) is 5.75 Å². The Bertz CT molecular complexity index is 868. The van der Waals surface area contributed by atoms with E-state index in [1.54, 1.807) is 13.4 Å². The molecule has 0 spiro atoms. The lowest BCUT2D eigenvalue weighted by Crippen LogP contribution is -2.28. The van der Waals surface area contributed by atoms with Crippen LogP contribution < -0.4 is 10.1 Å². The Balaban J connectivity index is 1.65. The molecule has 134 valence electrons. The number of ether oxygens (including phenoxy) is 1. The van der Waals surface area contributed by atoms with Crippen LogP contribution in [0, 0.1) is 0 Å². The molecular formula is C21H24N4O. The van der Waals surface area contributed by atoms with Gasteiger partial charge in [0.25, 0.3) is 0 Å². The summed E-state index contributed by atoms with van der Waals surface area (Å²) in [7, 11) is 1.69. The normalized spacial score (nSPS) is 19.1. The molecule has 0 bridgehead atoms. The van der Waals surface area contributed by atoms with Crippen LogP contribution >= 0.6 is 0 Å². The van der Waals surface area contributed by atoms with E-state index in [0.29, 0.717) is 5.92 Å². The van der Waals surface area contributed by atoms with Gasteiger partial charge >= 0.3 is 0 Å². The lowest BCUT2D eigenvalue weighted by molar-refractivity contribution is 0.413. The van der Waals surface area contributed by atoms with Crippen LogP contribution in [-0.4, -0.2) is 21.9 Å². The molecule has 5 heteroatoms. The van der Waals surface area contributed by atoms with Crippen molar-refractivity contribution in [2.24, 2.45) is 0 Å². The minimum Gasteiger partial charge on any atom is -0.497 e. The molecule has 1 aliphatic rings. The molecule has 1 aliphatic heterocycles. The summed E-state index contributed by atoms with van der Waals surface area (Å²) in [6.45, 7) is 4.43. The third-order valence-corrected chi connectivity index (χ3v) is 5.14. The maximum Gasteiger partial charge on any atom is 0.222 e. The Kier molecular flexibility index (Phi) is 4.37. The second-order valence-corrected chi connectivity index (χ2v) is 7.07. The van der Waals surface area contributed by atoms with Crippen LogP contribution in [-0.2, 0) is 0 Å². The van der Waals surface area contributed by atoms with E-state index in [-0.39, 0.29) is 12.1 Å². The molecule has 0 radical (unpaired) electrons. The standard InChI is InChI=1S/C21H24N4O/c1-14(2)15-4-6-17(7-5-15)20-12-19(24-21-22-13-23-25(20)21)16-8-10-18(26-3)11-9-16/h4-11,13-14,19-20H,12H2,1-3H3,(H,22,23,24)/t19-,20+/m0/s1. The van der Waals surface area contributed by atoms with Crippen molar-refractivity contribution in [1.82, 2.24) is 14.8 Å². The van der Waals surface area contributed by atoms with E-state index >= 15 is 0 Å². The average Bonchev–Trinajstić information content (AvgIpc) is 3.16. The maximum absolute atomic E-state index is 5.27. The van der Waals surface area contributed by atoms with Gasteiger partial charge in [0.1, 0.15) is 12.1 Å². The number of anilines is 1. The van der Waals surface area contributed by atoms with Crippen LogP contribution in [0.4, 0.5) is 5.95 Å². The van der Waals surface area contributed by atoms with Crippen molar-refractivity contribution < 1.29 is 4.74 Å². The number of aromatic nitrogens is 3. The number of rotatable bonds is 4. The fourth-order valence-corrected chi connectivity index (χ4v) is 3.56. The minimum atomic E-state index is 0.169. The van der Waals surface area contributed by atoms with Crippen molar-refractivity contribution in [2.75, 3.05) is 12.4 Å². The first kappa shape index (κ1) is 16.6. The Morgan fingerprint density at radius 3 is 2.38 bits per heavy atom. The first-order valence-corrected chi connectivity index (χ1v) is 9.05. The van der Waals surface area contributed by atoms with Crippen molar-refractivity contribution >= 4 is 5.95 Å². The highest BCUT2D eigenvalue weighted by molar-refractivity contribution is 5.40. The van der Waals surface area contributed by atoms with Gasteiger partial charge in [0.15, 0.2) is 0 Å². The molecule has 0 aliphatic carbocycles. The first-order chi connectivity index (χ1) is 12.7. The fraction of sp³-hybridized carbons (Fsp3) is 0.333. The highest BCUT2D eigenvalue weighted by atomic mass is 16.5. The average molecular weight is 348 g/mol. The molecule has 0 unspecified atom stereocenters. The highest BCUT2D eigenvalue weighted by Crippen LogP contribution is 2.37. The highest BCUT2D eigenvalue weighted by Gasteiger charge is 2.29. The molecule has 0 fully saturated rings. The topological polar surface area (TPSA) is 52.0 Å². The van der Waals surface area contributed by atoms with Gasteiger partial charge in [0, 0.05) is 0 Å². The van der Waals surface area contributed by atoms with Gasteiger partial charge in [-0.3, -0.25) is 0 Å². The zero-order valence-electron chi connectivity index (χ0n) is 15.4. The zero-order chi connectivity index (χ0) is 18.1. The molecule has 1 aromatic heterocycles. The van der Waals surface area contributed by atoms with Gasteiger partial charge < -0.3 is 10.1 Å².